The SMILES string of the molecule is O=C(C[C@H](c1ccsc1)n1cccc1)NC1CCN(Cc2ccccc2)CC1. The Kier molecular flexibility index (Phi) is 6.24. The molecule has 3 aromatic rings. The fourth-order valence-corrected chi connectivity index (χ4v) is 4.66. The second-order valence-corrected chi connectivity index (χ2v) is 8.29. The summed E-state index contributed by atoms with van der Waals surface area (Å²) >= 11 is 1.68. The van der Waals surface area contributed by atoms with Crippen LogP contribution in [0.25, 0.3) is 0 Å². The Morgan fingerprint density at radius 2 is 1.82 bits per heavy atom. The van der Waals surface area contributed by atoms with E-state index in [1.54, 1.807) is 11.3 Å². The van der Waals surface area contributed by atoms with Gasteiger partial charge in [-0.05, 0) is 52.9 Å². The summed E-state index contributed by atoms with van der Waals surface area (Å²) in [6.45, 7) is 3.06. The van der Waals surface area contributed by atoms with E-state index in [1.165, 1.54) is 11.1 Å². The summed E-state index contributed by atoms with van der Waals surface area (Å²) in [5.74, 6) is 0.145. The van der Waals surface area contributed by atoms with E-state index >= 15 is 0 Å². The third-order valence-electron chi connectivity index (χ3n) is 5.50. The molecule has 0 spiro atoms. The minimum atomic E-state index is 0.0689. The first kappa shape index (κ1) is 19.0. The molecular weight excluding hydrogens is 366 g/mol. The van der Waals surface area contributed by atoms with Crippen molar-refractivity contribution in [3.63, 3.8) is 0 Å². The van der Waals surface area contributed by atoms with Crippen LogP contribution in [0.3, 0.4) is 0 Å². The lowest BCUT2D eigenvalue weighted by Gasteiger charge is -2.32. The van der Waals surface area contributed by atoms with Crippen LogP contribution in [0.1, 0.15) is 36.4 Å². The molecule has 2 aromatic heterocycles. The quantitative estimate of drug-likeness (QED) is 0.649. The van der Waals surface area contributed by atoms with Gasteiger partial charge in [-0.3, -0.25) is 9.69 Å². The Hall–Kier alpha value is -2.37. The Bertz CT molecular complexity index is 803. The van der Waals surface area contributed by atoms with Crippen molar-refractivity contribution >= 4 is 17.2 Å². The minimum Gasteiger partial charge on any atom is -0.353 e. The monoisotopic (exact) mass is 393 g/mol. The standard InChI is InChI=1S/C23H27N3OS/c27-23(16-22(20-10-15-28-18-20)26-11-4-5-12-26)24-21-8-13-25(14-9-21)17-19-6-2-1-3-7-19/h1-7,10-12,15,18,21-22H,8-9,13-14,16-17H2,(H,24,27)/t22-/m1/s1. The van der Waals surface area contributed by atoms with Crippen LogP contribution >= 0.6 is 11.3 Å². The second-order valence-electron chi connectivity index (χ2n) is 7.51. The maximum Gasteiger partial charge on any atom is 0.222 e. The van der Waals surface area contributed by atoms with Gasteiger partial charge in [0.1, 0.15) is 0 Å². The summed E-state index contributed by atoms with van der Waals surface area (Å²) < 4.78 is 2.13. The smallest absolute Gasteiger partial charge is 0.222 e. The van der Waals surface area contributed by atoms with Crippen molar-refractivity contribution in [2.45, 2.75) is 37.9 Å². The number of likely N-dealkylation sites (tertiary alicyclic amines) is 1. The van der Waals surface area contributed by atoms with Gasteiger partial charge in [0.15, 0.2) is 0 Å². The fourth-order valence-electron chi connectivity index (χ4n) is 3.95. The predicted octanol–water partition coefficient (Wildman–Crippen LogP) is 4.31. The molecule has 0 bridgehead atoms. The van der Waals surface area contributed by atoms with Gasteiger partial charge < -0.3 is 9.88 Å². The summed E-state index contributed by atoms with van der Waals surface area (Å²) in [4.78, 5) is 15.2. The van der Waals surface area contributed by atoms with Crippen molar-refractivity contribution in [3.8, 4) is 0 Å². The summed E-state index contributed by atoms with van der Waals surface area (Å²) in [7, 11) is 0. The molecule has 5 heteroatoms. The van der Waals surface area contributed by atoms with Gasteiger partial charge in [-0.15, -0.1) is 0 Å². The van der Waals surface area contributed by atoms with Gasteiger partial charge in [-0.1, -0.05) is 30.3 Å². The van der Waals surface area contributed by atoms with Crippen LogP contribution < -0.4 is 5.32 Å². The van der Waals surface area contributed by atoms with Crippen molar-refractivity contribution in [3.05, 3.63) is 82.8 Å². The number of thiophene rings is 1. The Labute approximate surface area is 170 Å². The molecule has 1 aromatic carbocycles. The largest absolute Gasteiger partial charge is 0.353 e. The molecule has 1 N–H and O–H groups in total. The number of carbonyl (C=O) groups is 1. The molecule has 1 aliphatic rings. The number of aromatic nitrogens is 1. The molecule has 0 saturated carbocycles. The zero-order valence-electron chi connectivity index (χ0n) is 16.0. The zero-order valence-corrected chi connectivity index (χ0v) is 16.9. The molecule has 0 aliphatic carbocycles. The Balaban J connectivity index is 1.28. The van der Waals surface area contributed by atoms with Gasteiger partial charge in [0.25, 0.3) is 0 Å². The van der Waals surface area contributed by atoms with Gasteiger partial charge in [0, 0.05) is 38.1 Å². The fraction of sp³-hybridized carbons (Fsp3) is 0.348. The highest BCUT2D eigenvalue weighted by atomic mass is 32.1. The van der Waals surface area contributed by atoms with Crippen molar-refractivity contribution in [1.29, 1.82) is 0 Å². The number of benzene rings is 1. The highest BCUT2D eigenvalue weighted by molar-refractivity contribution is 7.08. The topological polar surface area (TPSA) is 37.3 Å². The number of rotatable bonds is 7. The molecular formula is C23H27N3OS. The van der Waals surface area contributed by atoms with Gasteiger partial charge in [0.2, 0.25) is 5.91 Å². The Morgan fingerprint density at radius 1 is 1.07 bits per heavy atom. The molecule has 0 unspecified atom stereocenters. The molecule has 1 fully saturated rings. The molecule has 3 heterocycles. The first-order chi connectivity index (χ1) is 13.8. The molecule has 1 atom stereocenters. The number of nitrogens with zero attached hydrogens (tertiary/aromatic N) is 2. The first-order valence-corrected chi connectivity index (χ1v) is 10.9. The van der Waals surface area contributed by atoms with Gasteiger partial charge >= 0.3 is 0 Å². The average Bonchev–Trinajstić information content (AvgIpc) is 3.43. The molecule has 4 nitrogen and oxygen atoms in total. The molecule has 28 heavy (non-hydrogen) atoms. The van der Waals surface area contributed by atoms with Crippen LogP contribution in [0.5, 0.6) is 0 Å². The van der Waals surface area contributed by atoms with Crippen LogP contribution in [0.15, 0.2) is 71.7 Å². The van der Waals surface area contributed by atoms with E-state index < -0.39 is 0 Å². The lowest BCUT2D eigenvalue weighted by Crippen LogP contribution is -2.44. The van der Waals surface area contributed by atoms with Crippen molar-refractivity contribution < 1.29 is 4.79 Å². The van der Waals surface area contributed by atoms with Gasteiger partial charge in [0.05, 0.1) is 12.5 Å². The molecule has 0 radical (unpaired) electrons. The van der Waals surface area contributed by atoms with Crippen molar-refractivity contribution in [2.75, 3.05) is 13.1 Å². The normalized spacial score (nSPS) is 16.7. The van der Waals surface area contributed by atoms with E-state index in [2.05, 4.69) is 61.9 Å². The third kappa shape index (κ3) is 4.91. The van der Waals surface area contributed by atoms with E-state index in [-0.39, 0.29) is 18.0 Å². The summed E-state index contributed by atoms with van der Waals surface area (Å²) in [5, 5.41) is 7.50. The number of hydrogen-bond acceptors (Lipinski definition) is 3. The molecule has 4 rings (SSSR count). The Morgan fingerprint density at radius 3 is 2.50 bits per heavy atom. The minimum absolute atomic E-state index is 0.0689. The van der Waals surface area contributed by atoms with Crippen molar-refractivity contribution in [1.82, 2.24) is 14.8 Å². The highest BCUT2D eigenvalue weighted by Crippen LogP contribution is 2.25. The van der Waals surface area contributed by atoms with Gasteiger partial charge in [-0.2, -0.15) is 11.3 Å². The van der Waals surface area contributed by atoms with Crippen molar-refractivity contribution in [2.24, 2.45) is 0 Å². The molecule has 1 amide bonds. The number of hydrogen-bond donors (Lipinski definition) is 1. The van der Waals surface area contributed by atoms with Gasteiger partial charge in [-0.25, -0.2) is 0 Å². The van der Waals surface area contributed by atoms with E-state index in [0.29, 0.717) is 6.42 Å². The van der Waals surface area contributed by atoms with E-state index in [0.717, 1.165) is 32.5 Å². The molecule has 1 aliphatic heterocycles. The number of piperidine rings is 1. The van der Waals surface area contributed by atoms with Crippen LogP contribution in [0.2, 0.25) is 0 Å². The predicted molar refractivity (Wildman–Crippen MR) is 114 cm³/mol. The number of amides is 1. The average molecular weight is 394 g/mol. The lowest BCUT2D eigenvalue weighted by molar-refractivity contribution is -0.122. The first-order valence-electron chi connectivity index (χ1n) is 9.98. The van der Waals surface area contributed by atoms with E-state index in [4.69, 9.17) is 0 Å². The number of nitrogens with one attached hydrogen (secondary N) is 1. The maximum absolute atomic E-state index is 12.7. The molecule has 1 saturated heterocycles. The van der Waals surface area contributed by atoms with Crippen LogP contribution in [-0.4, -0.2) is 34.5 Å². The maximum atomic E-state index is 12.7. The van der Waals surface area contributed by atoms with E-state index in [1.807, 2.05) is 24.5 Å². The van der Waals surface area contributed by atoms with Crippen LogP contribution in [0.4, 0.5) is 0 Å². The van der Waals surface area contributed by atoms with E-state index in [9.17, 15) is 4.79 Å². The third-order valence-corrected chi connectivity index (χ3v) is 6.20. The zero-order chi connectivity index (χ0) is 19.2. The number of carbonyl (C=O) groups excluding carboxylic acids is 1. The highest BCUT2D eigenvalue weighted by Gasteiger charge is 2.23. The second kappa shape index (κ2) is 9.22. The summed E-state index contributed by atoms with van der Waals surface area (Å²) in [5.41, 5.74) is 2.56. The van der Waals surface area contributed by atoms with Crippen LogP contribution in [-0.2, 0) is 11.3 Å². The van der Waals surface area contributed by atoms with Crippen LogP contribution in [0, 0.1) is 0 Å². The summed E-state index contributed by atoms with van der Waals surface area (Å²) in [6, 6.07) is 17.1. The lowest BCUT2D eigenvalue weighted by atomic mass is 10.0. The summed E-state index contributed by atoms with van der Waals surface area (Å²) in [6.07, 6.45) is 6.60. The molecule has 146 valence electrons.